The van der Waals surface area contributed by atoms with E-state index < -0.39 is 0 Å². The average molecular weight is 288 g/mol. The Morgan fingerprint density at radius 3 is 2.53 bits per heavy atom. The van der Waals surface area contributed by atoms with Gasteiger partial charge in [-0.1, -0.05) is 25.4 Å². The Balaban J connectivity index is 2.82. The Morgan fingerprint density at radius 2 is 2.05 bits per heavy atom. The van der Waals surface area contributed by atoms with Crippen LogP contribution in [-0.2, 0) is 0 Å². The number of aromatic nitrogens is 2. The van der Waals surface area contributed by atoms with Crippen LogP contribution in [0.1, 0.15) is 51.9 Å². The van der Waals surface area contributed by atoms with E-state index in [1.165, 1.54) is 0 Å². The molecule has 0 aliphatic rings. The highest BCUT2D eigenvalue weighted by Crippen LogP contribution is 2.27. The van der Waals surface area contributed by atoms with E-state index in [1.54, 1.807) is 6.20 Å². The van der Waals surface area contributed by atoms with Crippen molar-refractivity contribution in [2.24, 2.45) is 5.84 Å². The van der Waals surface area contributed by atoms with E-state index in [0.29, 0.717) is 5.02 Å². The van der Waals surface area contributed by atoms with Crippen molar-refractivity contribution < 1.29 is 0 Å². The van der Waals surface area contributed by atoms with Gasteiger partial charge in [-0.15, -0.1) is 0 Å². The molecule has 19 heavy (non-hydrogen) atoms. The van der Waals surface area contributed by atoms with Gasteiger partial charge < -0.3 is 4.90 Å². The van der Waals surface area contributed by atoms with E-state index >= 15 is 0 Å². The maximum absolute atomic E-state index is 6.25. The smallest absolute Gasteiger partial charge is 0.0834 e. The third-order valence-electron chi connectivity index (χ3n) is 3.44. The predicted molar refractivity (Wildman–Crippen MR) is 80.1 cm³/mol. The van der Waals surface area contributed by atoms with Crippen LogP contribution >= 0.6 is 11.6 Å². The minimum Gasteiger partial charge on any atom is -0.304 e. The standard InChI is InChI=1S/C13H26ClN5/c1-5-18(6-2)8-7-12(17-15)13-11(14)9-16-19(13)10(3)4/h9-10,12,17H,5-8,15H2,1-4H3. The van der Waals surface area contributed by atoms with Gasteiger partial charge in [-0.25, -0.2) is 0 Å². The van der Waals surface area contributed by atoms with Crippen molar-refractivity contribution in [2.45, 2.75) is 46.2 Å². The molecule has 0 aliphatic carbocycles. The van der Waals surface area contributed by atoms with Crippen LogP contribution < -0.4 is 11.3 Å². The molecule has 3 N–H and O–H groups in total. The van der Waals surface area contributed by atoms with Crippen molar-refractivity contribution in [1.82, 2.24) is 20.1 Å². The molecule has 0 fully saturated rings. The molecule has 1 aromatic rings. The summed E-state index contributed by atoms with van der Waals surface area (Å²) < 4.78 is 1.94. The molecule has 0 saturated heterocycles. The summed E-state index contributed by atoms with van der Waals surface area (Å²) in [6.07, 6.45) is 2.61. The van der Waals surface area contributed by atoms with Crippen molar-refractivity contribution in [2.75, 3.05) is 19.6 Å². The molecule has 0 amide bonds. The molecule has 1 aromatic heterocycles. The van der Waals surface area contributed by atoms with E-state index in [0.717, 1.165) is 31.7 Å². The Labute approximate surface area is 121 Å². The predicted octanol–water partition coefficient (Wildman–Crippen LogP) is 2.35. The number of rotatable bonds is 8. The summed E-state index contributed by atoms with van der Waals surface area (Å²) in [6, 6.07) is 0.296. The Kier molecular flexibility index (Phi) is 6.79. The Bertz CT molecular complexity index is 373. The van der Waals surface area contributed by atoms with Gasteiger partial charge >= 0.3 is 0 Å². The maximum Gasteiger partial charge on any atom is 0.0834 e. The SMILES string of the molecule is CCN(CC)CCC(NN)c1c(Cl)cnn1C(C)C. The largest absolute Gasteiger partial charge is 0.304 e. The zero-order valence-electron chi connectivity index (χ0n) is 12.4. The number of hydrogen-bond donors (Lipinski definition) is 2. The highest BCUT2D eigenvalue weighted by molar-refractivity contribution is 6.31. The second-order valence-electron chi connectivity index (χ2n) is 4.95. The fourth-order valence-corrected chi connectivity index (χ4v) is 2.50. The van der Waals surface area contributed by atoms with Crippen LogP contribution in [0.15, 0.2) is 6.20 Å². The lowest BCUT2D eigenvalue weighted by molar-refractivity contribution is 0.278. The summed E-state index contributed by atoms with van der Waals surface area (Å²) in [7, 11) is 0. The number of nitrogens with zero attached hydrogens (tertiary/aromatic N) is 3. The summed E-state index contributed by atoms with van der Waals surface area (Å²) in [5.74, 6) is 5.70. The van der Waals surface area contributed by atoms with Crippen LogP contribution in [-0.4, -0.2) is 34.3 Å². The fraction of sp³-hybridized carbons (Fsp3) is 0.769. The van der Waals surface area contributed by atoms with E-state index in [9.17, 15) is 0 Å². The molecule has 0 spiro atoms. The van der Waals surface area contributed by atoms with Gasteiger partial charge in [0.2, 0.25) is 0 Å². The number of hydrogen-bond acceptors (Lipinski definition) is 4. The van der Waals surface area contributed by atoms with Crippen LogP contribution in [0.3, 0.4) is 0 Å². The van der Waals surface area contributed by atoms with Crippen LogP contribution in [0, 0.1) is 0 Å². The first kappa shape index (κ1) is 16.4. The summed E-state index contributed by atoms with van der Waals surface area (Å²) >= 11 is 6.25. The minimum absolute atomic E-state index is 0.0259. The maximum atomic E-state index is 6.25. The molecule has 0 saturated carbocycles. The number of nitrogens with one attached hydrogen (secondary N) is 1. The molecule has 1 atom stereocenters. The van der Waals surface area contributed by atoms with Gasteiger partial charge in [0.15, 0.2) is 0 Å². The lowest BCUT2D eigenvalue weighted by Gasteiger charge is -2.24. The van der Waals surface area contributed by atoms with Crippen LogP contribution in [0.2, 0.25) is 5.02 Å². The van der Waals surface area contributed by atoms with Crippen molar-refractivity contribution in [1.29, 1.82) is 0 Å². The van der Waals surface area contributed by atoms with Gasteiger partial charge in [0.25, 0.3) is 0 Å². The van der Waals surface area contributed by atoms with E-state index in [-0.39, 0.29) is 12.1 Å². The third-order valence-corrected chi connectivity index (χ3v) is 3.73. The first-order valence-corrected chi connectivity index (χ1v) is 7.34. The van der Waals surface area contributed by atoms with Crippen LogP contribution in [0.4, 0.5) is 0 Å². The minimum atomic E-state index is 0.0259. The van der Waals surface area contributed by atoms with Gasteiger partial charge in [0.1, 0.15) is 0 Å². The lowest BCUT2D eigenvalue weighted by atomic mass is 10.1. The Morgan fingerprint density at radius 1 is 1.42 bits per heavy atom. The molecule has 1 rings (SSSR count). The highest BCUT2D eigenvalue weighted by atomic mass is 35.5. The van der Waals surface area contributed by atoms with Crippen molar-refractivity contribution >= 4 is 11.6 Å². The second kappa shape index (κ2) is 7.85. The number of nitrogens with two attached hydrogens (primary N) is 1. The summed E-state index contributed by atoms with van der Waals surface area (Å²) in [6.45, 7) is 11.6. The Hall–Kier alpha value is -0.620. The molecule has 0 aliphatic heterocycles. The zero-order valence-corrected chi connectivity index (χ0v) is 13.1. The van der Waals surface area contributed by atoms with Crippen molar-refractivity contribution in [3.8, 4) is 0 Å². The molecular weight excluding hydrogens is 262 g/mol. The molecule has 6 heteroatoms. The second-order valence-corrected chi connectivity index (χ2v) is 5.36. The van der Waals surface area contributed by atoms with Crippen LogP contribution in [0.25, 0.3) is 0 Å². The fourth-order valence-electron chi connectivity index (χ4n) is 2.24. The van der Waals surface area contributed by atoms with E-state index in [2.05, 4.69) is 43.1 Å². The van der Waals surface area contributed by atoms with Gasteiger partial charge in [-0.05, 0) is 33.4 Å². The highest BCUT2D eigenvalue weighted by Gasteiger charge is 2.21. The van der Waals surface area contributed by atoms with E-state index in [1.807, 2.05) is 4.68 Å². The lowest BCUT2D eigenvalue weighted by Crippen LogP contribution is -2.34. The normalized spacial score (nSPS) is 13.5. The van der Waals surface area contributed by atoms with Gasteiger partial charge in [0, 0.05) is 12.6 Å². The number of halogens is 1. The molecule has 1 unspecified atom stereocenters. The van der Waals surface area contributed by atoms with E-state index in [4.69, 9.17) is 17.4 Å². The molecule has 0 aromatic carbocycles. The monoisotopic (exact) mass is 287 g/mol. The summed E-state index contributed by atoms with van der Waals surface area (Å²) in [5.41, 5.74) is 3.85. The van der Waals surface area contributed by atoms with Crippen molar-refractivity contribution in [3.05, 3.63) is 16.9 Å². The van der Waals surface area contributed by atoms with Crippen LogP contribution in [0.5, 0.6) is 0 Å². The summed E-state index contributed by atoms with van der Waals surface area (Å²) in [4.78, 5) is 2.37. The molecule has 5 nitrogen and oxygen atoms in total. The molecule has 0 radical (unpaired) electrons. The first-order chi connectivity index (χ1) is 9.04. The third kappa shape index (κ3) is 4.18. The molecule has 1 heterocycles. The quantitative estimate of drug-likeness (QED) is 0.569. The average Bonchev–Trinajstić information content (AvgIpc) is 2.77. The zero-order chi connectivity index (χ0) is 14.4. The molecular formula is C13H26ClN5. The topological polar surface area (TPSA) is 59.1 Å². The molecule has 110 valence electrons. The van der Waals surface area contributed by atoms with Crippen molar-refractivity contribution in [3.63, 3.8) is 0 Å². The van der Waals surface area contributed by atoms with Gasteiger partial charge in [-0.2, -0.15) is 5.10 Å². The number of hydrazine groups is 1. The first-order valence-electron chi connectivity index (χ1n) is 6.96. The van der Waals surface area contributed by atoms with Gasteiger partial charge in [-0.3, -0.25) is 16.0 Å². The van der Waals surface area contributed by atoms with Gasteiger partial charge in [0.05, 0.1) is 23.0 Å². The summed E-state index contributed by atoms with van der Waals surface area (Å²) in [5, 5.41) is 5.00. The molecule has 0 bridgehead atoms.